The average Bonchev–Trinajstić information content (AvgIpc) is 2.62. The van der Waals surface area contributed by atoms with E-state index in [0.29, 0.717) is 12.0 Å². The largest absolute Gasteiger partial charge is 0.444 e. The van der Waals surface area contributed by atoms with E-state index in [1.165, 1.54) is 0 Å². The number of alkyl carbamates (subject to hydrolysis) is 1. The zero-order chi connectivity index (χ0) is 24.6. The van der Waals surface area contributed by atoms with Gasteiger partial charge in [0.15, 0.2) is 0 Å². The molecule has 1 aromatic carbocycles. The van der Waals surface area contributed by atoms with E-state index in [1.54, 1.807) is 25.7 Å². The van der Waals surface area contributed by atoms with Gasteiger partial charge in [0.25, 0.3) is 0 Å². The van der Waals surface area contributed by atoms with Gasteiger partial charge in [-0.3, -0.25) is 9.59 Å². The molecule has 0 aromatic heterocycles. The van der Waals surface area contributed by atoms with Crippen LogP contribution in [0.2, 0.25) is 0 Å². The third-order valence-electron chi connectivity index (χ3n) is 4.58. The average molecular weight is 448 g/mol. The third-order valence-corrected chi connectivity index (χ3v) is 4.58. The van der Waals surface area contributed by atoms with Gasteiger partial charge in [0.05, 0.1) is 0 Å². The van der Waals surface area contributed by atoms with Gasteiger partial charge in [0, 0.05) is 12.1 Å². The number of carbonyl (C=O) groups excluding carboxylic acids is 3. The molecule has 0 aliphatic carbocycles. The van der Waals surface area contributed by atoms with Crippen LogP contribution < -0.4 is 10.6 Å². The third kappa shape index (κ3) is 8.89. The Balaban J connectivity index is 3.37. The molecule has 2 atom stereocenters. The summed E-state index contributed by atoms with van der Waals surface area (Å²) in [5.41, 5.74) is 0.0324. The molecule has 7 nitrogen and oxygen atoms in total. The lowest BCUT2D eigenvalue weighted by atomic mass is 9.98. The number of hydrogen-bond donors (Lipinski definition) is 2. The Morgan fingerprint density at radius 3 is 1.94 bits per heavy atom. The van der Waals surface area contributed by atoms with Gasteiger partial charge in [-0.15, -0.1) is 0 Å². The van der Waals surface area contributed by atoms with Crippen molar-refractivity contribution in [1.29, 1.82) is 0 Å². The lowest BCUT2D eigenvalue weighted by molar-refractivity contribution is -0.145. The van der Waals surface area contributed by atoms with Crippen molar-refractivity contribution in [2.75, 3.05) is 0 Å². The summed E-state index contributed by atoms with van der Waals surface area (Å²) >= 11 is 0. The minimum atomic E-state index is -0.818. The summed E-state index contributed by atoms with van der Waals surface area (Å²) < 4.78 is 5.39. The monoisotopic (exact) mass is 447 g/mol. The Morgan fingerprint density at radius 1 is 0.938 bits per heavy atom. The van der Waals surface area contributed by atoms with E-state index in [2.05, 4.69) is 10.6 Å². The van der Waals surface area contributed by atoms with Crippen molar-refractivity contribution in [3.05, 3.63) is 35.9 Å². The van der Waals surface area contributed by atoms with Crippen molar-refractivity contribution < 1.29 is 19.1 Å². The minimum absolute atomic E-state index is 0.0795. The SMILES string of the molecule is CC(C)CC(NC(=O)OC(C)(C)C)C(=O)N(C(C)C)C(C(=O)NC(C)C)c1ccccc1. The fraction of sp³-hybridized carbons (Fsp3) is 0.640. The number of hydrogen-bond acceptors (Lipinski definition) is 4. The summed E-state index contributed by atoms with van der Waals surface area (Å²) in [6.07, 6.45) is -0.225. The van der Waals surface area contributed by atoms with Crippen molar-refractivity contribution in [2.24, 2.45) is 5.92 Å². The fourth-order valence-electron chi connectivity index (χ4n) is 3.44. The molecule has 0 aliphatic rings. The van der Waals surface area contributed by atoms with Gasteiger partial charge < -0.3 is 20.3 Å². The highest BCUT2D eigenvalue weighted by molar-refractivity contribution is 5.92. The smallest absolute Gasteiger partial charge is 0.408 e. The number of ether oxygens (including phenoxy) is 1. The first-order chi connectivity index (χ1) is 14.7. The molecule has 3 amide bonds. The number of amides is 3. The summed E-state index contributed by atoms with van der Waals surface area (Å²) in [7, 11) is 0. The van der Waals surface area contributed by atoms with Crippen molar-refractivity contribution in [3.8, 4) is 0 Å². The normalized spacial score (nSPS) is 13.6. The topological polar surface area (TPSA) is 87.7 Å². The summed E-state index contributed by atoms with van der Waals surface area (Å²) in [4.78, 5) is 41.1. The molecular formula is C25H41N3O4. The Hall–Kier alpha value is -2.57. The van der Waals surface area contributed by atoms with Crippen molar-refractivity contribution >= 4 is 17.9 Å². The number of carbonyl (C=O) groups is 3. The first-order valence-electron chi connectivity index (χ1n) is 11.4. The maximum Gasteiger partial charge on any atom is 0.408 e. The van der Waals surface area contributed by atoms with Crippen LogP contribution in [-0.2, 0) is 14.3 Å². The van der Waals surface area contributed by atoms with Crippen LogP contribution in [0.25, 0.3) is 0 Å². The van der Waals surface area contributed by atoms with E-state index in [-0.39, 0.29) is 29.8 Å². The highest BCUT2D eigenvalue weighted by Crippen LogP contribution is 2.26. The van der Waals surface area contributed by atoms with Crippen LogP contribution in [0.5, 0.6) is 0 Å². The zero-order valence-electron chi connectivity index (χ0n) is 21.1. The van der Waals surface area contributed by atoms with Crippen molar-refractivity contribution in [3.63, 3.8) is 0 Å². The molecule has 0 bridgehead atoms. The first-order valence-corrected chi connectivity index (χ1v) is 11.4. The lowest BCUT2D eigenvalue weighted by Crippen LogP contribution is -2.55. The quantitative estimate of drug-likeness (QED) is 0.586. The van der Waals surface area contributed by atoms with Crippen LogP contribution in [0.15, 0.2) is 30.3 Å². The summed E-state index contributed by atoms with van der Waals surface area (Å²) in [6, 6.07) is 7.25. The summed E-state index contributed by atoms with van der Waals surface area (Å²) in [5.74, 6) is -0.423. The number of nitrogens with zero attached hydrogens (tertiary/aromatic N) is 1. The minimum Gasteiger partial charge on any atom is -0.444 e. The van der Waals surface area contributed by atoms with Crippen LogP contribution >= 0.6 is 0 Å². The highest BCUT2D eigenvalue weighted by atomic mass is 16.6. The zero-order valence-corrected chi connectivity index (χ0v) is 21.1. The second-order valence-corrected chi connectivity index (χ2v) is 10.1. The van der Waals surface area contributed by atoms with E-state index in [4.69, 9.17) is 4.74 Å². The van der Waals surface area contributed by atoms with Crippen LogP contribution in [0.1, 0.15) is 80.3 Å². The van der Waals surface area contributed by atoms with Crippen LogP contribution in [0.4, 0.5) is 4.79 Å². The molecular weight excluding hydrogens is 406 g/mol. The van der Waals surface area contributed by atoms with Crippen LogP contribution in [0, 0.1) is 5.92 Å². The van der Waals surface area contributed by atoms with E-state index in [1.807, 2.05) is 71.9 Å². The predicted molar refractivity (Wildman–Crippen MR) is 127 cm³/mol. The first kappa shape index (κ1) is 27.5. The highest BCUT2D eigenvalue weighted by Gasteiger charge is 2.38. The van der Waals surface area contributed by atoms with Gasteiger partial charge in [-0.25, -0.2) is 4.79 Å². The molecule has 32 heavy (non-hydrogen) atoms. The van der Waals surface area contributed by atoms with E-state index >= 15 is 0 Å². The molecule has 2 unspecified atom stereocenters. The molecule has 1 rings (SSSR count). The van der Waals surface area contributed by atoms with Gasteiger partial charge >= 0.3 is 6.09 Å². The van der Waals surface area contributed by atoms with Crippen LogP contribution in [0.3, 0.4) is 0 Å². The Bertz CT molecular complexity index is 754. The molecule has 2 N–H and O–H groups in total. The molecule has 0 fully saturated rings. The van der Waals surface area contributed by atoms with Gasteiger partial charge in [0.2, 0.25) is 11.8 Å². The molecule has 0 saturated heterocycles. The van der Waals surface area contributed by atoms with Gasteiger partial charge in [0.1, 0.15) is 17.7 Å². The maximum absolute atomic E-state index is 13.8. The van der Waals surface area contributed by atoms with Gasteiger partial charge in [-0.05, 0) is 66.4 Å². The molecule has 180 valence electrons. The van der Waals surface area contributed by atoms with Gasteiger partial charge in [-0.2, -0.15) is 0 Å². The summed E-state index contributed by atoms with van der Waals surface area (Å²) in [5, 5.41) is 5.68. The Morgan fingerprint density at radius 2 is 1.50 bits per heavy atom. The molecule has 0 heterocycles. The molecule has 0 spiro atoms. The van der Waals surface area contributed by atoms with E-state index in [9.17, 15) is 14.4 Å². The molecule has 0 radical (unpaired) electrons. The number of rotatable bonds is 9. The second kappa shape index (κ2) is 11.9. The standard InChI is InChI=1S/C25H41N3O4/c1-16(2)15-20(27-24(31)32-25(7,8)9)23(30)28(18(5)6)21(22(29)26-17(3)4)19-13-11-10-12-14-19/h10-14,16-18,20-21H,15H2,1-9H3,(H,26,29)(H,27,31). The molecule has 0 aliphatic heterocycles. The van der Waals surface area contributed by atoms with Gasteiger partial charge in [-0.1, -0.05) is 44.2 Å². The van der Waals surface area contributed by atoms with Crippen molar-refractivity contribution in [2.45, 2.75) is 98.5 Å². The summed E-state index contributed by atoms with van der Waals surface area (Å²) in [6.45, 7) is 16.8. The molecule has 7 heteroatoms. The van der Waals surface area contributed by atoms with E-state index < -0.39 is 23.8 Å². The van der Waals surface area contributed by atoms with E-state index in [0.717, 1.165) is 0 Å². The Labute approximate surface area is 193 Å². The number of benzene rings is 1. The predicted octanol–water partition coefficient (Wildman–Crippen LogP) is 4.43. The second-order valence-electron chi connectivity index (χ2n) is 10.1. The molecule has 1 aromatic rings. The maximum atomic E-state index is 13.8. The lowest BCUT2D eigenvalue weighted by Gasteiger charge is -2.37. The van der Waals surface area contributed by atoms with Crippen molar-refractivity contribution in [1.82, 2.24) is 15.5 Å². The number of nitrogens with one attached hydrogen (secondary N) is 2. The van der Waals surface area contributed by atoms with Crippen LogP contribution in [-0.4, -0.2) is 46.5 Å². The molecule has 0 saturated carbocycles. The fourth-order valence-corrected chi connectivity index (χ4v) is 3.44. The Kier molecular flexibility index (Phi) is 10.2.